The Morgan fingerprint density at radius 3 is 2.58 bits per heavy atom. The minimum Gasteiger partial charge on any atom is -0.393 e. The highest BCUT2D eigenvalue weighted by Gasteiger charge is 2.18. The standard InChI is InChI=1S/C19H25FN2O2/c1-12(9-14(3)23)11-21-19(24)16-10-13(2)22(15(16)4)18-8-6-5-7-17(18)20/h5-8,10,12,14,23H,9,11H2,1-4H3,(H,21,24). The maximum atomic E-state index is 14.1. The highest BCUT2D eigenvalue weighted by molar-refractivity contribution is 5.95. The first-order valence-corrected chi connectivity index (χ1v) is 8.21. The third-order valence-corrected chi connectivity index (χ3v) is 4.12. The van der Waals surface area contributed by atoms with Crippen molar-refractivity contribution >= 4 is 5.91 Å². The molecule has 0 aliphatic rings. The summed E-state index contributed by atoms with van der Waals surface area (Å²) >= 11 is 0. The van der Waals surface area contributed by atoms with Crippen LogP contribution in [0, 0.1) is 25.6 Å². The van der Waals surface area contributed by atoms with Gasteiger partial charge in [0.1, 0.15) is 5.82 Å². The van der Waals surface area contributed by atoms with Gasteiger partial charge in [-0.15, -0.1) is 0 Å². The van der Waals surface area contributed by atoms with Gasteiger partial charge < -0.3 is 15.0 Å². The van der Waals surface area contributed by atoms with Crippen molar-refractivity contribution in [3.05, 3.63) is 53.1 Å². The van der Waals surface area contributed by atoms with Gasteiger partial charge in [-0.2, -0.15) is 0 Å². The van der Waals surface area contributed by atoms with E-state index >= 15 is 0 Å². The third-order valence-electron chi connectivity index (χ3n) is 4.12. The quantitative estimate of drug-likeness (QED) is 0.852. The molecule has 0 aliphatic carbocycles. The molecular weight excluding hydrogens is 307 g/mol. The lowest BCUT2D eigenvalue weighted by atomic mass is 10.0. The Morgan fingerprint density at radius 2 is 1.96 bits per heavy atom. The fourth-order valence-corrected chi connectivity index (χ4v) is 3.02. The van der Waals surface area contributed by atoms with Crippen molar-refractivity contribution in [1.82, 2.24) is 9.88 Å². The molecule has 24 heavy (non-hydrogen) atoms. The molecule has 2 unspecified atom stereocenters. The van der Waals surface area contributed by atoms with Crippen molar-refractivity contribution in [3.63, 3.8) is 0 Å². The smallest absolute Gasteiger partial charge is 0.253 e. The van der Waals surface area contributed by atoms with Crippen molar-refractivity contribution in [3.8, 4) is 5.69 Å². The average molecular weight is 332 g/mol. The molecule has 0 aliphatic heterocycles. The summed E-state index contributed by atoms with van der Waals surface area (Å²) < 4.78 is 15.8. The Morgan fingerprint density at radius 1 is 1.29 bits per heavy atom. The van der Waals surface area contributed by atoms with E-state index in [1.165, 1.54) is 6.07 Å². The number of aliphatic hydroxyl groups excluding tert-OH is 1. The van der Waals surface area contributed by atoms with Crippen molar-refractivity contribution in [2.75, 3.05) is 6.54 Å². The Hall–Kier alpha value is -2.14. The number of carbonyl (C=O) groups is 1. The molecule has 2 N–H and O–H groups in total. The van der Waals surface area contributed by atoms with Gasteiger partial charge in [-0.3, -0.25) is 4.79 Å². The lowest BCUT2D eigenvalue weighted by molar-refractivity contribution is 0.0938. The van der Waals surface area contributed by atoms with Crippen LogP contribution < -0.4 is 5.32 Å². The number of nitrogens with zero attached hydrogens (tertiary/aromatic N) is 1. The van der Waals surface area contributed by atoms with Crippen LogP contribution in [-0.4, -0.2) is 28.2 Å². The van der Waals surface area contributed by atoms with E-state index in [4.69, 9.17) is 0 Å². The largest absolute Gasteiger partial charge is 0.393 e. The summed E-state index contributed by atoms with van der Waals surface area (Å²) in [6, 6.07) is 8.29. The summed E-state index contributed by atoms with van der Waals surface area (Å²) in [6.45, 7) is 7.88. The van der Waals surface area contributed by atoms with E-state index < -0.39 is 0 Å². The number of aryl methyl sites for hydroxylation is 1. The molecule has 2 rings (SSSR count). The number of nitrogens with one attached hydrogen (secondary N) is 1. The highest BCUT2D eigenvalue weighted by atomic mass is 19.1. The zero-order valence-corrected chi connectivity index (χ0v) is 14.6. The van der Waals surface area contributed by atoms with Gasteiger partial charge in [0, 0.05) is 17.9 Å². The molecule has 0 saturated heterocycles. The molecule has 0 bridgehead atoms. The molecule has 1 aromatic carbocycles. The summed E-state index contributed by atoms with van der Waals surface area (Å²) in [7, 11) is 0. The Kier molecular flexibility index (Phi) is 5.78. The predicted octanol–water partition coefficient (Wildman–Crippen LogP) is 3.37. The van der Waals surface area contributed by atoms with Gasteiger partial charge in [-0.1, -0.05) is 19.1 Å². The lowest BCUT2D eigenvalue weighted by Gasteiger charge is -2.14. The average Bonchev–Trinajstić information content (AvgIpc) is 2.80. The van der Waals surface area contributed by atoms with Crippen LogP contribution in [0.1, 0.15) is 42.0 Å². The number of rotatable bonds is 6. The van der Waals surface area contributed by atoms with Crippen LogP contribution >= 0.6 is 0 Å². The molecule has 130 valence electrons. The van der Waals surface area contributed by atoms with E-state index in [9.17, 15) is 14.3 Å². The summed E-state index contributed by atoms with van der Waals surface area (Å²) in [4.78, 5) is 12.5. The Bertz CT molecular complexity index is 722. The molecule has 2 atom stereocenters. The fraction of sp³-hybridized carbons (Fsp3) is 0.421. The van der Waals surface area contributed by atoms with E-state index in [1.54, 1.807) is 35.8 Å². The van der Waals surface area contributed by atoms with Gasteiger partial charge in [0.25, 0.3) is 5.91 Å². The summed E-state index contributed by atoms with van der Waals surface area (Å²) in [6.07, 6.45) is 0.247. The van der Waals surface area contributed by atoms with Crippen molar-refractivity contribution in [2.24, 2.45) is 5.92 Å². The van der Waals surface area contributed by atoms with Gasteiger partial charge in [0.05, 0.1) is 17.4 Å². The normalized spacial score (nSPS) is 13.6. The molecule has 0 radical (unpaired) electrons. The number of carbonyl (C=O) groups excluding carboxylic acids is 1. The molecule has 1 aromatic heterocycles. The zero-order valence-electron chi connectivity index (χ0n) is 14.6. The Balaban J connectivity index is 2.20. The van der Waals surface area contributed by atoms with Crippen LogP contribution in [0.15, 0.2) is 30.3 Å². The first-order valence-electron chi connectivity index (χ1n) is 8.21. The fourth-order valence-electron chi connectivity index (χ4n) is 3.02. The van der Waals surface area contributed by atoms with E-state index in [0.717, 1.165) is 5.69 Å². The molecule has 1 heterocycles. The maximum Gasteiger partial charge on any atom is 0.253 e. The zero-order chi connectivity index (χ0) is 17.9. The minimum absolute atomic E-state index is 0.178. The second kappa shape index (κ2) is 7.62. The monoisotopic (exact) mass is 332 g/mol. The van der Waals surface area contributed by atoms with Crippen LogP contribution in [0.5, 0.6) is 0 Å². The summed E-state index contributed by atoms with van der Waals surface area (Å²) in [5.74, 6) is -0.316. The number of hydrogen-bond donors (Lipinski definition) is 2. The number of aliphatic hydroxyl groups is 1. The number of hydrogen-bond acceptors (Lipinski definition) is 2. The molecule has 0 fully saturated rings. The first-order chi connectivity index (χ1) is 11.3. The second-order valence-electron chi connectivity index (χ2n) is 6.47. The van der Waals surface area contributed by atoms with E-state index in [-0.39, 0.29) is 23.7 Å². The van der Waals surface area contributed by atoms with Crippen LogP contribution in [0.3, 0.4) is 0 Å². The van der Waals surface area contributed by atoms with Crippen LogP contribution in [0.25, 0.3) is 5.69 Å². The molecule has 4 nitrogen and oxygen atoms in total. The Labute approximate surface area is 142 Å². The van der Waals surface area contributed by atoms with Crippen LogP contribution in [0.4, 0.5) is 4.39 Å². The highest BCUT2D eigenvalue weighted by Crippen LogP contribution is 2.22. The van der Waals surface area contributed by atoms with Crippen LogP contribution in [-0.2, 0) is 0 Å². The molecular formula is C19H25FN2O2. The molecule has 1 amide bonds. The molecule has 0 spiro atoms. The number of amides is 1. The SMILES string of the molecule is Cc1cc(C(=O)NCC(C)CC(C)O)c(C)n1-c1ccccc1F. The number of benzene rings is 1. The van der Waals surface area contributed by atoms with Gasteiger partial charge in [0.2, 0.25) is 0 Å². The van der Waals surface area contributed by atoms with Gasteiger partial charge >= 0.3 is 0 Å². The van der Waals surface area contributed by atoms with Crippen molar-refractivity contribution in [2.45, 2.75) is 40.2 Å². The second-order valence-corrected chi connectivity index (χ2v) is 6.47. The molecule has 5 heteroatoms. The van der Waals surface area contributed by atoms with Gasteiger partial charge in [0.15, 0.2) is 0 Å². The summed E-state index contributed by atoms with van der Waals surface area (Å²) in [5, 5.41) is 12.3. The third kappa shape index (κ3) is 4.03. The maximum absolute atomic E-state index is 14.1. The lowest BCUT2D eigenvalue weighted by Crippen LogP contribution is -2.29. The molecule has 2 aromatic rings. The van der Waals surface area contributed by atoms with Gasteiger partial charge in [-0.05, 0) is 51.3 Å². The number of aromatic nitrogens is 1. The minimum atomic E-state index is -0.386. The first kappa shape index (κ1) is 18.2. The van der Waals surface area contributed by atoms with E-state index in [2.05, 4.69) is 5.32 Å². The van der Waals surface area contributed by atoms with Crippen LogP contribution in [0.2, 0.25) is 0 Å². The molecule has 0 saturated carbocycles. The van der Waals surface area contributed by atoms with E-state index in [0.29, 0.717) is 29.9 Å². The van der Waals surface area contributed by atoms with E-state index in [1.807, 2.05) is 20.8 Å². The topological polar surface area (TPSA) is 54.3 Å². The summed E-state index contributed by atoms with van der Waals surface area (Å²) in [5.41, 5.74) is 2.49. The number of para-hydroxylation sites is 1. The predicted molar refractivity (Wildman–Crippen MR) is 93.0 cm³/mol. The van der Waals surface area contributed by atoms with Gasteiger partial charge in [-0.25, -0.2) is 4.39 Å². The van der Waals surface area contributed by atoms with Crippen molar-refractivity contribution in [1.29, 1.82) is 0 Å². The van der Waals surface area contributed by atoms with Crippen molar-refractivity contribution < 1.29 is 14.3 Å². The number of halogens is 1.